The minimum atomic E-state index is -0.0108. The molecule has 0 aliphatic carbocycles. The highest BCUT2D eigenvalue weighted by atomic mass is 16.3. The number of aliphatic hydroxyl groups excluding tert-OH is 1. The second-order valence-corrected chi connectivity index (χ2v) is 3.01. The molecule has 5 nitrogen and oxygen atoms in total. The first-order valence-corrected chi connectivity index (χ1v) is 4.51. The van der Waals surface area contributed by atoms with Gasteiger partial charge >= 0.3 is 0 Å². The molecule has 0 aliphatic heterocycles. The smallest absolute Gasteiger partial charge is 0.0736 e. The zero-order valence-corrected chi connectivity index (χ0v) is 7.94. The Morgan fingerprint density at radius 3 is 3.00 bits per heavy atom. The Morgan fingerprint density at radius 2 is 2.36 bits per heavy atom. The van der Waals surface area contributed by atoms with E-state index in [1.165, 1.54) is 0 Å². The molecule has 0 spiro atoms. The van der Waals surface area contributed by atoms with E-state index in [-0.39, 0.29) is 6.61 Å². The topological polar surface area (TPSA) is 66.7 Å². The Kier molecular flexibility index (Phi) is 2.32. The number of aromatic amines is 1. The van der Waals surface area contributed by atoms with Crippen LogP contribution in [0.15, 0.2) is 18.6 Å². The standard InChI is InChI=1S/C9H12N4O/c1-2-13-5-7(4-11-13)9-8(6-14)3-10-12-9/h3-5,14H,2,6H2,1H3,(H,10,12). The van der Waals surface area contributed by atoms with Gasteiger partial charge in [0.05, 0.1) is 24.7 Å². The van der Waals surface area contributed by atoms with Crippen LogP contribution in [0.4, 0.5) is 0 Å². The van der Waals surface area contributed by atoms with Gasteiger partial charge in [0.15, 0.2) is 0 Å². The molecule has 0 unspecified atom stereocenters. The number of aliphatic hydroxyl groups is 1. The van der Waals surface area contributed by atoms with Gasteiger partial charge in [0, 0.05) is 23.9 Å². The lowest BCUT2D eigenvalue weighted by Gasteiger charge is -1.95. The van der Waals surface area contributed by atoms with Crippen LogP contribution in [0.1, 0.15) is 12.5 Å². The lowest BCUT2D eigenvalue weighted by atomic mass is 10.2. The van der Waals surface area contributed by atoms with Gasteiger partial charge in [0.1, 0.15) is 0 Å². The molecule has 0 amide bonds. The Morgan fingerprint density at radius 1 is 1.50 bits per heavy atom. The van der Waals surface area contributed by atoms with Crippen molar-refractivity contribution in [2.75, 3.05) is 0 Å². The SMILES string of the molecule is CCn1cc(-c2[nH]ncc2CO)cn1. The highest BCUT2D eigenvalue weighted by Gasteiger charge is 2.08. The van der Waals surface area contributed by atoms with Crippen LogP contribution in [0, 0.1) is 0 Å². The number of nitrogens with zero attached hydrogens (tertiary/aromatic N) is 3. The molecule has 0 saturated carbocycles. The van der Waals surface area contributed by atoms with Crippen molar-refractivity contribution in [3.63, 3.8) is 0 Å². The summed E-state index contributed by atoms with van der Waals surface area (Å²) in [5.74, 6) is 0. The Balaban J connectivity index is 2.38. The minimum Gasteiger partial charge on any atom is -0.392 e. The molecule has 2 rings (SSSR count). The molecule has 2 aromatic heterocycles. The van der Waals surface area contributed by atoms with Gasteiger partial charge in [-0.2, -0.15) is 10.2 Å². The van der Waals surface area contributed by atoms with E-state index >= 15 is 0 Å². The second kappa shape index (κ2) is 3.63. The summed E-state index contributed by atoms with van der Waals surface area (Å²) in [6.07, 6.45) is 5.31. The van der Waals surface area contributed by atoms with Gasteiger partial charge in [0.25, 0.3) is 0 Å². The molecule has 0 fully saturated rings. The first kappa shape index (κ1) is 8.96. The van der Waals surface area contributed by atoms with E-state index in [9.17, 15) is 0 Å². The zero-order valence-electron chi connectivity index (χ0n) is 7.94. The number of aromatic nitrogens is 4. The molecule has 0 radical (unpaired) electrons. The molecule has 74 valence electrons. The molecule has 2 heterocycles. The first-order valence-electron chi connectivity index (χ1n) is 4.51. The molecule has 0 saturated heterocycles. The number of hydrogen-bond acceptors (Lipinski definition) is 3. The maximum atomic E-state index is 9.05. The number of hydrogen-bond donors (Lipinski definition) is 2. The van der Waals surface area contributed by atoms with Crippen LogP contribution in [-0.4, -0.2) is 25.1 Å². The van der Waals surface area contributed by atoms with Crippen molar-refractivity contribution in [2.45, 2.75) is 20.1 Å². The molecule has 5 heteroatoms. The average molecular weight is 192 g/mol. The number of aryl methyl sites for hydroxylation is 1. The third kappa shape index (κ3) is 1.42. The number of nitrogens with one attached hydrogen (secondary N) is 1. The van der Waals surface area contributed by atoms with Gasteiger partial charge in [-0.1, -0.05) is 0 Å². The summed E-state index contributed by atoms with van der Waals surface area (Å²) in [5.41, 5.74) is 2.58. The molecule has 2 aromatic rings. The summed E-state index contributed by atoms with van der Waals surface area (Å²) in [7, 11) is 0. The number of rotatable bonds is 3. The normalized spacial score (nSPS) is 10.7. The summed E-state index contributed by atoms with van der Waals surface area (Å²) in [4.78, 5) is 0. The van der Waals surface area contributed by atoms with Crippen molar-refractivity contribution in [1.29, 1.82) is 0 Å². The monoisotopic (exact) mass is 192 g/mol. The maximum Gasteiger partial charge on any atom is 0.0736 e. The van der Waals surface area contributed by atoms with Gasteiger partial charge < -0.3 is 5.11 Å². The van der Waals surface area contributed by atoms with E-state index in [0.717, 1.165) is 23.4 Å². The zero-order chi connectivity index (χ0) is 9.97. The first-order chi connectivity index (χ1) is 6.85. The summed E-state index contributed by atoms with van der Waals surface area (Å²) in [6, 6.07) is 0. The van der Waals surface area contributed by atoms with Gasteiger partial charge in [-0.25, -0.2) is 0 Å². The molecule has 0 bridgehead atoms. The van der Waals surface area contributed by atoms with E-state index in [0.29, 0.717) is 0 Å². The largest absolute Gasteiger partial charge is 0.392 e. The fraction of sp³-hybridized carbons (Fsp3) is 0.333. The third-order valence-electron chi connectivity index (χ3n) is 2.13. The molecule has 14 heavy (non-hydrogen) atoms. The minimum absolute atomic E-state index is 0.0108. The number of H-pyrrole nitrogens is 1. The highest BCUT2D eigenvalue weighted by molar-refractivity contribution is 5.60. The van der Waals surface area contributed by atoms with Crippen molar-refractivity contribution in [2.24, 2.45) is 0 Å². The molecule has 2 N–H and O–H groups in total. The Bertz CT molecular complexity index is 418. The van der Waals surface area contributed by atoms with Crippen molar-refractivity contribution in [3.8, 4) is 11.3 Å². The average Bonchev–Trinajstić information content (AvgIpc) is 2.85. The second-order valence-electron chi connectivity index (χ2n) is 3.01. The van der Waals surface area contributed by atoms with Gasteiger partial charge in [-0.05, 0) is 6.92 Å². The summed E-state index contributed by atoms with van der Waals surface area (Å²) >= 11 is 0. The molecule has 0 aromatic carbocycles. The van der Waals surface area contributed by atoms with Crippen LogP contribution in [0.3, 0.4) is 0 Å². The predicted molar refractivity (Wildman–Crippen MR) is 51.4 cm³/mol. The molecule has 0 aliphatic rings. The van der Waals surface area contributed by atoms with Gasteiger partial charge in [-0.15, -0.1) is 0 Å². The highest BCUT2D eigenvalue weighted by Crippen LogP contribution is 2.19. The lowest BCUT2D eigenvalue weighted by Crippen LogP contribution is -1.92. The van der Waals surface area contributed by atoms with E-state index < -0.39 is 0 Å². The van der Waals surface area contributed by atoms with E-state index in [2.05, 4.69) is 15.3 Å². The third-order valence-corrected chi connectivity index (χ3v) is 2.13. The molecular weight excluding hydrogens is 180 g/mol. The van der Waals surface area contributed by atoms with Crippen LogP contribution < -0.4 is 0 Å². The maximum absolute atomic E-state index is 9.05. The Labute approximate surface area is 81.4 Å². The summed E-state index contributed by atoms with van der Waals surface area (Å²) < 4.78 is 1.83. The fourth-order valence-corrected chi connectivity index (χ4v) is 1.35. The van der Waals surface area contributed by atoms with Crippen LogP contribution in [0.5, 0.6) is 0 Å². The van der Waals surface area contributed by atoms with E-state index in [1.54, 1.807) is 12.4 Å². The van der Waals surface area contributed by atoms with Gasteiger partial charge in [0.2, 0.25) is 0 Å². The van der Waals surface area contributed by atoms with Crippen molar-refractivity contribution in [3.05, 3.63) is 24.2 Å². The van der Waals surface area contributed by atoms with Gasteiger partial charge in [-0.3, -0.25) is 9.78 Å². The van der Waals surface area contributed by atoms with Crippen molar-refractivity contribution >= 4 is 0 Å². The summed E-state index contributed by atoms with van der Waals surface area (Å²) in [6.45, 7) is 2.85. The van der Waals surface area contributed by atoms with E-state index in [1.807, 2.05) is 17.8 Å². The van der Waals surface area contributed by atoms with Crippen LogP contribution in [-0.2, 0) is 13.2 Å². The lowest BCUT2D eigenvalue weighted by molar-refractivity contribution is 0.282. The quantitative estimate of drug-likeness (QED) is 0.755. The van der Waals surface area contributed by atoms with Crippen LogP contribution in [0.25, 0.3) is 11.3 Å². The predicted octanol–water partition coefficient (Wildman–Crippen LogP) is 0.785. The summed E-state index contributed by atoms with van der Waals surface area (Å²) in [5, 5.41) is 19.9. The van der Waals surface area contributed by atoms with Crippen molar-refractivity contribution in [1.82, 2.24) is 20.0 Å². The van der Waals surface area contributed by atoms with Crippen LogP contribution in [0.2, 0.25) is 0 Å². The molecular formula is C9H12N4O. The van der Waals surface area contributed by atoms with Crippen molar-refractivity contribution < 1.29 is 5.11 Å². The Hall–Kier alpha value is -1.62. The molecule has 0 atom stereocenters. The van der Waals surface area contributed by atoms with Crippen LogP contribution >= 0.6 is 0 Å². The van der Waals surface area contributed by atoms with E-state index in [4.69, 9.17) is 5.11 Å². The fourth-order valence-electron chi connectivity index (χ4n) is 1.35.